The van der Waals surface area contributed by atoms with E-state index in [1.807, 2.05) is 43.0 Å². The molecule has 0 bridgehead atoms. The lowest BCUT2D eigenvalue weighted by Crippen LogP contribution is -2.51. The maximum Gasteiger partial charge on any atom is 0.257 e. The van der Waals surface area contributed by atoms with E-state index in [1.165, 1.54) is 11.1 Å². The fraction of sp³-hybridized carbons (Fsp3) is 0.480. The molecule has 1 saturated heterocycles. The Bertz CT molecular complexity index is 999. The van der Waals surface area contributed by atoms with Crippen molar-refractivity contribution in [3.8, 4) is 5.75 Å². The van der Waals surface area contributed by atoms with E-state index >= 15 is 0 Å². The van der Waals surface area contributed by atoms with Crippen molar-refractivity contribution in [1.29, 1.82) is 0 Å². The van der Waals surface area contributed by atoms with Crippen LogP contribution in [0.15, 0.2) is 58.2 Å². The van der Waals surface area contributed by atoms with Gasteiger partial charge in [-0.25, -0.2) is 0 Å². The number of para-hydroxylation sites is 1. The van der Waals surface area contributed by atoms with Gasteiger partial charge in [0.1, 0.15) is 17.3 Å². The molecule has 1 unspecified atom stereocenters. The van der Waals surface area contributed by atoms with Crippen molar-refractivity contribution in [3.05, 3.63) is 63.8 Å². The Balaban J connectivity index is 1.44. The first-order valence-corrected chi connectivity index (χ1v) is 11.0. The van der Waals surface area contributed by atoms with Gasteiger partial charge in [-0.15, -0.1) is 0 Å². The highest BCUT2D eigenvalue weighted by Crippen LogP contribution is 2.50. The van der Waals surface area contributed by atoms with Crippen LogP contribution in [-0.2, 0) is 4.74 Å². The van der Waals surface area contributed by atoms with Gasteiger partial charge in [-0.1, -0.05) is 19.1 Å². The minimum atomic E-state index is -0.129. The van der Waals surface area contributed by atoms with Gasteiger partial charge in [0.25, 0.3) is 5.91 Å². The zero-order valence-corrected chi connectivity index (χ0v) is 19.2. The van der Waals surface area contributed by atoms with Crippen molar-refractivity contribution < 1.29 is 14.3 Å². The van der Waals surface area contributed by atoms with Crippen molar-refractivity contribution in [3.63, 3.8) is 0 Å². The van der Waals surface area contributed by atoms with E-state index in [9.17, 15) is 4.79 Å². The van der Waals surface area contributed by atoms with Crippen LogP contribution in [-0.4, -0.2) is 55.5 Å². The van der Waals surface area contributed by atoms with Gasteiger partial charge in [0.15, 0.2) is 0 Å². The Morgan fingerprint density at radius 2 is 1.81 bits per heavy atom. The molecule has 1 aliphatic carbocycles. The van der Waals surface area contributed by atoms with E-state index in [1.54, 1.807) is 7.11 Å². The van der Waals surface area contributed by atoms with Crippen molar-refractivity contribution in [1.82, 2.24) is 9.80 Å². The molecule has 2 N–H and O–H groups in total. The van der Waals surface area contributed by atoms with Crippen LogP contribution in [0.2, 0.25) is 0 Å². The Morgan fingerprint density at radius 1 is 1.13 bits per heavy atom. The number of rotatable bonds is 4. The Kier molecular flexibility index (Phi) is 5.60. The van der Waals surface area contributed by atoms with E-state index in [0.29, 0.717) is 24.4 Å². The number of methoxy groups -OCH3 is 1. The molecule has 1 atom stereocenters. The maximum absolute atomic E-state index is 13.0. The summed E-state index contributed by atoms with van der Waals surface area (Å²) in [6, 6.07) is 7.42. The highest BCUT2D eigenvalue weighted by atomic mass is 16.5. The monoisotopic (exact) mass is 423 g/mol. The van der Waals surface area contributed by atoms with Crippen LogP contribution in [0.25, 0.3) is 0 Å². The number of hydrogen-bond donors (Lipinski definition) is 1. The average molecular weight is 424 g/mol. The third kappa shape index (κ3) is 3.74. The van der Waals surface area contributed by atoms with Gasteiger partial charge in [-0.3, -0.25) is 9.69 Å². The third-order valence-electron chi connectivity index (χ3n) is 6.99. The molecule has 31 heavy (non-hydrogen) atoms. The first-order chi connectivity index (χ1) is 14.7. The molecule has 1 amide bonds. The second-order valence-corrected chi connectivity index (χ2v) is 9.11. The SMILES string of the molecule is COc1ccccc1C(=O)N1CCN(CC2(C)CC3=C(C)OC(C)=C(C)C3=C2N)CC1. The quantitative estimate of drug-likeness (QED) is 0.800. The molecule has 1 fully saturated rings. The van der Waals surface area contributed by atoms with Gasteiger partial charge in [0, 0.05) is 55.0 Å². The van der Waals surface area contributed by atoms with Gasteiger partial charge in [0.2, 0.25) is 0 Å². The second kappa shape index (κ2) is 8.08. The smallest absolute Gasteiger partial charge is 0.257 e. The molecular weight excluding hydrogens is 390 g/mol. The predicted octanol–water partition coefficient (Wildman–Crippen LogP) is 3.67. The van der Waals surface area contributed by atoms with E-state index in [4.69, 9.17) is 15.2 Å². The van der Waals surface area contributed by atoms with Crippen molar-refractivity contribution in [2.24, 2.45) is 11.1 Å². The van der Waals surface area contributed by atoms with Crippen LogP contribution >= 0.6 is 0 Å². The van der Waals surface area contributed by atoms with E-state index in [-0.39, 0.29) is 11.3 Å². The summed E-state index contributed by atoms with van der Waals surface area (Å²) in [6.07, 6.45) is 0.894. The Labute approximate surface area is 185 Å². The molecule has 1 aromatic carbocycles. The number of allylic oxidation sites excluding steroid dienone is 5. The number of nitrogens with two attached hydrogens (primary N) is 1. The molecule has 1 aromatic rings. The molecule has 0 saturated carbocycles. The number of ether oxygens (including phenoxy) is 2. The summed E-state index contributed by atoms with van der Waals surface area (Å²) >= 11 is 0. The molecule has 0 radical (unpaired) electrons. The average Bonchev–Trinajstić information content (AvgIpc) is 3.03. The van der Waals surface area contributed by atoms with E-state index in [0.717, 1.165) is 48.8 Å². The Hall–Kier alpha value is -2.73. The number of nitrogens with zero attached hydrogens (tertiary/aromatic N) is 2. The van der Waals surface area contributed by atoms with Crippen LogP contribution < -0.4 is 10.5 Å². The molecule has 3 aliphatic rings. The highest BCUT2D eigenvalue weighted by molar-refractivity contribution is 5.97. The normalized spacial score (nSPS) is 24.5. The Morgan fingerprint density at radius 3 is 2.48 bits per heavy atom. The summed E-state index contributed by atoms with van der Waals surface area (Å²) in [5.74, 6) is 2.56. The maximum atomic E-state index is 13.0. The number of amides is 1. The van der Waals surface area contributed by atoms with Gasteiger partial charge in [0.05, 0.1) is 12.7 Å². The molecule has 6 heteroatoms. The largest absolute Gasteiger partial charge is 0.496 e. The number of carbonyl (C=O) groups excluding carboxylic acids is 1. The number of benzene rings is 1. The molecule has 0 spiro atoms. The fourth-order valence-corrected chi connectivity index (χ4v) is 5.05. The van der Waals surface area contributed by atoms with E-state index < -0.39 is 0 Å². The molecule has 2 heterocycles. The van der Waals surface area contributed by atoms with Crippen LogP contribution in [0.3, 0.4) is 0 Å². The van der Waals surface area contributed by atoms with Crippen molar-refractivity contribution in [2.75, 3.05) is 39.8 Å². The number of fused-ring (bicyclic) bond motifs is 1. The van der Waals surface area contributed by atoms with Gasteiger partial charge >= 0.3 is 0 Å². The van der Waals surface area contributed by atoms with Gasteiger partial charge < -0.3 is 20.1 Å². The molecule has 166 valence electrons. The minimum Gasteiger partial charge on any atom is -0.496 e. The van der Waals surface area contributed by atoms with E-state index in [2.05, 4.69) is 18.7 Å². The first-order valence-electron chi connectivity index (χ1n) is 11.0. The predicted molar refractivity (Wildman–Crippen MR) is 121 cm³/mol. The third-order valence-corrected chi connectivity index (χ3v) is 6.99. The van der Waals surface area contributed by atoms with Gasteiger partial charge in [-0.2, -0.15) is 0 Å². The van der Waals surface area contributed by atoms with Crippen molar-refractivity contribution in [2.45, 2.75) is 34.1 Å². The van der Waals surface area contributed by atoms with Crippen molar-refractivity contribution >= 4 is 5.91 Å². The van der Waals surface area contributed by atoms with Gasteiger partial charge in [-0.05, 0) is 44.9 Å². The summed E-state index contributed by atoms with van der Waals surface area (Å²) in [5.41, 5.74) is 11.8. The fourth-order valence-electron chi connectivity index (χ4n) is 5.05. The minimum absolute atomic E-state index is 0.0333. The molecule has 2 aliphatic heterocycles. The number of hydrogen-bond acceptors (Lipinski definition) is 5. The number of carbonyl (C=O) groups is 1. The van der Waals surface area contributed by atoms with Crippen LogP contribution in [0.4, 0.5) is 0 Å². The summed E-state index contributed by atoms with van der Waals surface area (Å²) in [4.78, 5) is 17.3. The summed E-state index contributed by atoms with van der Waals surface area (Å²) in [5, 5.41) is 0. The highest BCUT2D eigenvalue weighted by Gasteiger charge is 2.43. The second-order valence-electron chi connectivity index (χ2n) is 9.11. The standard InChI is InChI=1S/C25H33N3O3/c1-16-17(2)31-18(3)20-14-25(4,23(26)22(16)20)15-27-10-12-28(13-11-27)24(29)19-8-6-7-9-21(19)30-5/h6-9H,10-15,26H2,1-5H3. The molecule has 0 aromatic heterocycles. The summed E-state index contributed by atoms with van der Waals surface area (Å²) < 4.78 is 11.3. The summed E-state index contributed by atoms with van der Waals surface area (Å²) in [6.45, 7) is 12.3. The summed E-state index contributed by atoms with van der Waals surface area (Å²) in [7, 11) is 1.60. The molecule has 4 rings (SSSR count). The molecule has 6 nitrogen and oxygen atoms in total. The van der Waals surface area contributed by atoms with Crippen LogP contribution in [0.5, 0.6) is 5.75 Å². The zero-order chi connectivity index (χ0) is 22.3. The number of piperazine rings is 1. The lowest BCUT2D eigenvalue weighted by atomic mass is 9.85. The molecular formula is C25H33N3O3. The topological polar surface area (TPSA) is 68.0 Å². The lowest BCUT2D eigenvalue weighted by molar-refractivity contribution is 0.0590. The lowest BCUT2D eigenvalue weighted by Gasteiger charge is -2.39. The first kappa shape index (κ1) is 21.5. The van der Waals surface area contributed by atoms with Crippen LogP contribution in [0, 0.1) is 5.41 Å². The zero-order valence-electron chi connectivity index (χ0n) is 19.2. The van der Waals surface area contributed by atoms with Crippen LogP contribution in [0.1, 0.15) is 44.5 Å².